The van der Waals surface area contributed by atoms with Crippen LogP contribution in [-0.2, 0) is 6.54 Å². The Bertz CT molecular complexity index is 1170. The van der Waals surface area contributed by atoms with Crippen LogP contribution in [0.15, 0.2) is 85.0 Å². The Morgan fingerprint density at radius 2 is 1.75 bits per heavy atom. The number of hydrogen-bond acceptors (Lipinski definition) is 2. The van der Waals surface area contributed by atoms with E-state index >= 15 is 0 Å². The summed E-state index contributed by atoms with van der Waals surface area (Å²) >= 11 is 0. The van der Waals surface area contributed by atoms with Crippen molar-refractivity contribution in [3.05, 3.63) is 107 Å². The normalized spacial score (nSPS) is 13.1. The van der Waals surface area contributed by atoms with Crippen LogP contribution < -0.4 is 10.6 Å². The van der Waals surface area contributed by atoms with Crippen molar-refractivity contribution < 1.29 is 4.39 Å². The predicted molar refractivity (Wildman–Crippen MR) is 136 cm³/mol. The Hall–Kier alpha value is -3.59. The van der Waals surface area contributed by atoms with E-state index in [-0.39, 0.29) is 5.82 Å². The van der Waals surface area contributed by atoms with E-state index in [4.69, 9.17) is 5.73 Å². The van der Waals surface area contributed by atoms with Crippen LogP contribution in [-0.4, -0.2) is 7.05 Å². The van der Waals surface area contributed by atoms with Crippen molar-refractivity contribution in [2.24, 2.45) is 0 Å². The van der Waals surface area contributed by atoms with Gasteiger partial charge in [-0.25, -0.2) is 4.39 Å². The molecule has 0 saturated heterocycles. The quantitative estimate of drug-likeness (QED) is 0.398. The number of nitrogens with two attached hydrogens (primary N) is 1. The van der Waals surface area contributed by atoms with Crippen molar-refractivity contribution >= 4 is 23.5 Å². The maximum atomic E-state index is 14.2. The van der Waals surface area contributed by atoms with Gasteiger partial charge in [0.1, 0.15) is 5.82 Å². The number of anilines is 2. The number of rotatable bonds is 7. The zero-order chi connectivity index (χ0) is 22.5. The second kappa shape index (κ2) is 9.69. The van der Waals surface area contributed by atoms with Gasteiger partial charge in [-0.1, -0.05) is 66.8 Å². The van der Waals surface area contributed by atoms with Crippen LogP contribution in [0.3, 0.4) is 0 Å². The maximum absolute atomic E-state index is 14.2. The fourth-order valence-electron chi connectivity index (χ4n) is 3.85. The van der Waals surface area contributed by atoms with Crippen molar-refractivity contribution in [2.75, 3.05) is 17.7 Å². The maximum Gasteiger partial charge on any atom is 0.125 e. The van der Waals surface area contributed by atoms with Crippen LogP contribution >= 0.6 is 0 Å². The standard InChI is InChI=1S/C29H29FN2/c1-3-24-18-26(14-15-29(24)31)25-12-10-22(11-13-25)20-32(2)28-17-23(16-27(30)19-28)9-5-8-21-6-4-7-21/h3,5,8-19H,1,4,6-7,20,31H2,2H3/b9-5+. The first-order chi connectivity index (χ1) is 15.5. The molecule has 0 bridgehead atoms. The molecule has 1 aliphatic rings. The Labute approximate surface area is 190 Å². The molecule has 32 heavy (non-hydrogen) atoms. The first-order valence-electron chi connectivity index (χ1n) is 11.0. The lowest BCUT2D eigenvalue weighted by Gasteiger charge is -2.20. The van der Waals surface area contributed by atoms with Crippen molar-refractivity contribution in [3.8, 4) is 11.1 Å². The summed E-state index contributed by atoms with van der Waals surface area (Å²) in [5.74, 6) is -0.220. The Balaban J connectivity index is 1.46. The highest BCUT2D eigenvalue weighted by molar-refractivity contribution is 5.73. The number of nitrogen functional groups attached to an aromatic ring is 1. The minimum Gasteiger partial charge on any atom is -0.398 e. The second-order valence-corrected chi connectivity index (χ2v) is 8.38. The number of hydrogen-bond donors (Lipinski definition) is 1. The lowest BCUT2D eigenvalue weighted by atomic mass is 9.92. The average molecular weight is 425 g/mol. The summed E-state index contributed by atoms with van der Waals surface area (Å²) in [7, 11) is 1.99. The van der Waals surface area contributed by atoms with Gasteiger partial charge in [0.2, 0.25) is 0 Å². The van der Waals surface area contributed by atoms with Gasteiger partial charge in [-0.2, -0.15) is 0 Å². The van der Waals surface area contributed by atoms with E-state index in [1.165, 1.54) is 24.8 Å². The molecule has 2 N–H and O–H groups in total. The van der Waals surface area contributed by atoms with Crippen molar-refractivity contribution in [3.63, 3.8) is 0 Å². The van der Waals surface area contributed by atoms with Gasteiger partial charge >= 0.3 is 0 Å². The SMILES string of the molecule is C=Cc1cc(-c2ccc(CN(C)c3cc(F)cc(/C=C/C=C4CCC4)c3)cc2)ccc1N. The fourth-order valence-corrected chi connectivity index (χ4v) is 3.85. The summed E-state index contributed by atoms with van der Waals surface area (Å²) in [4.78, 5) is 2.07. The zero-order valence-corrected chi connectivity index (χ0v) is 18.5. The molecule has 0 spiro atoms. The molecule has 4 rings (SSSR count). The molecule has 1 fully saturated rings. The van der Waals surface area contributed by atoms with E-state index in [2.05, 4.69) is 41.8 Å². The number of allylic oxidation sites excluding steroid dienone is 3. The minimum absolute atomic E-state index is 0.220. The fraction of sp³-hybridized carbons (Fsp3) is 0.172. The van der Waals surface area contributed by atoms with E-state index in [9.17, 15) is 4.39 Å². The molecular formula is C29H29FN2. The van der Waals surface area contributed by atoms with Gasteiger partial charge in [0.05, 0.1) is 0 Å². The van der Waals surface area contributed by atoms with Gasteiger partial charge in [-0.05, 0) is 77.4 Å². The minimum atomic E-state index is -0.220. The molecule has 0 radical (unpaired) electrons. The molecule has 1 saturated carbocycles. The average Bonchev–Trinajstić information content (AvgIpc) is 2.76. The Kier molecular flexibility index (Phi) is 6.55. The highest BCUT2D eigenvalue weighted by atomic mass is 19.1. The van der Waals surface area contributed by atoms with E-state index in [1.807, 2.05) is 43.5 Å². The molecule has 162 valence electrons. The molecule has 3 heteroatoms. The summed E-state index contributed by atoms with van der Waals surface area (Å²) in [6.07, 6.45) is 11.6. The van der Waals surface area contributed by atoms with Crippen LogP contribution in [0.25, 0.3) is 23.3 Å². The van der Waals surface area contributed by atoms with Crippen molar-refractivity contribution in [2.45, 2.75) is 25.8 Å². The molecule has 3 aromatic carbocycles. The van der Waals surface area contributed by atoms with Gasteiger partial charge in [-0.15, -0.1) is 0 Å². The first-order valence-corrected chi connectivity index (χ1v) is 11.0. The first kappa shape index (κ1) is 21.6. The lowest BCUT2D eigenvalue weighted by Crippen LogP contribution is -2.16. The summed E-state index contributed by atoms with van der Waals surface area (Å²) in [5.41, 5.74) is 14.2. The number of halogens is 1. The largest absolute Gasteiger partial charge is 0.398 e. The molecule has 0 aliphatic heterocycles. The molecule has 0 heterocycles. The van der Waals surface area contributed by atoms with E-state index in [1.54, 1.807) is 18.2 Å². The van der Waals surface area contributed by atoms with E-state index in [0.29, 0.717) is 6.54 Å². The summed E-state index contributed by atoms with van der Waals surface area (Å²) in [6.45, 7) is 4.52. The summed E-state index contributed by atoms with van der Waals surface area (Å²) in [5, 5.41) is 0. The van der Waals surface area contributed by atoms with Crippen LogP contribution in [0.5, 0.6) is 0 Å². The second-order valence-electron chi connectivity index (χ2n) is 8.38. The number of nitrogens with zero attached hydrogens (tertiary/aromatic N) is 1. The third kappa shape index (κ3) is 5.17. The summed E-state index contributed by atoms with van der Waals surface area (Å²) < 4.78 is 14.2. The van der Waals surface area contributed by atoms with Gasteiger partial charge in [-0.3, -0.25) is 0 Å². The molecular weight excluding hydrogens is 395 g/mol. The molecule has 0 amide bonds. The van der Waals surface area contributed by atoms with Crippen LogP contribution in [0.2, 0.25) is 0 Å². The molecule has 2 nitrogen and oxygen atoms in total. The van der Waals surface area contributed by atoms with Crippen LogP contribution in [0.1, 0.15) is 36.0 Å². The van der Waals surface area contributed by atoms with E-state index in [0.717, 1.165) is 39.2 Å². The van der Waals surface area contributed by atoms with Crippen LogP contribution in [0.4, 0.5) is 15.8 Å². The topological polar surface area (TPSA) is 29.3 Å². The molecule has 0 atom stereocenters. The number of benzene rings is 3. The third-order valence-corrected chi connectivity index (χ3v) is 5.98. The van der Waals surface area contributed by atoms with Gasteiger partial charge in [0.15, 0.2) is 0 Å². The highest BCUT2D eigenvalue weighted by Crippen LogP contribution is 2.27. The monoisotopic (exact) mass is 424 g/mol. The van der Waals surface area contributed by atoms with Gasteiger partial charge < -0.3 is 10.6 Å². The van der Waals surface area contributed by atoms with Gasteiger partial charge in [0.25, 0.3) is 0 Å². The smallest absolute Gasteiger partial charge is 0.125 e. The molecule has 0 unspecified atom stereocenters. The zero-order valence-electron chi connectivity index (χ0n) is 18.5. The molecule has 0 aromatic heterocycles. The Morgan fingerprint density at radius 1 is 1.00 bits per heavy atom. The summed E-state index contributed by atoms with van der Waals surface area (Å²) in [6, 6.07) is 19.6. The predicted octanol–water partition coefficient (Wildman–Crippen LogP) is 7.48. The third-order valence-electron chi connectivity index (χ3n) is 5.98. The van der Waals surface area contributed by atoms with Gasteiger partial charge in [0, 0.05) is 25.0 Å². The molecule has 3 aromatic rings. The Morgan fingerprint density at radius 3 is 2.44 bits per heavy atom. The molecule has 1 aliphatic carbocycles. The van der Waals surface area contributed by atoms with Crippen LogP contribution in [0, 0.1) is 5.82 Å². The lowest BCUT2D eigenvalue weighted by molar-refractivity contribution is 0.627. The van der Waals surface area contributed by atoms with Crippen molar-refractivity contribution in [1.29, 1.82) is 0 Å². The van der Waals surface area contributed by atoms with Crippen molar-refractivity contribution in [1.82, 2.24) is 0 Å². The van der Waals surface area contributed by atoms with E-state index < -0.39 is 0 Å². The highest BCUT2D eigenvalue weighted by Gasteiger charge is 2.08.